The highest BCUT2D eigenvalue weighted by Crippen LogP contribution is 2.43. The average Bonchev–Trinajstić information content (AvgIpc) is 3.38. The first-order chi connectivity index (χ1) is 36.9. The molecule has 76 heavy (non-hydrogen) atoms. The summed E-state index contributed by atoms with van der Waals surface area (Å²) in [4.78, 5) is 37.7. The number of phosphoric acid groups is 1. The quantitative estimate of drug-likeness (QED) is 0.0205. The number of esters is 1. The van der Waals surface area contributed by atoms with Crippen LogP contribution in [0.25, 0.3) is 0 Å². The summed E-state index contributed by atoms with van der Waals surface area (Å²) in [6.45, 7) is 6.95. The summed E-state index contributed by atoms with van der Waals surface area (Å²) in [6.07, 6.45) is 71.8. The number of rotatable bonds is 57. The number of nitrogens with zero attached hydrogens (tertiary/aromatic N) is 1. The molecule has 0 aliphatic rings. The highest BCUT2D eigenvalue weighted by Gasteiger charge is 2.30. The van der Waals surface area contributed by atoms with E-state index in [1.54, 1.807) is 0 Å². The van der Waals surface area contributed by atoms with Crippen molar-refractivity contribution in [3.05, 3.63) is 72.9 Å². The highest BCUT2D eigenvalue weighted by molar-refractivity contribution is 7.47. The van der Waals surface area contributed by atoms with E-state index in [9.17, 15) is 19.0 Å². The van der Waals surface area contributed by atoms with Gasteiger partial charge in [0.2, 0.25) is 5.91 Å². The molecular weight excluding hydrogens is 964 g/mol. The lowest BCUT2D eigenvalue weighted by molar-refractivity contribution is -0.870. The summed E-state index contributed by atoms with van der Waals surface area (Å²) in [5.41, 5.74) is 0. The van der Waals surface area contributed by atoms with Gasteiger partial charge in [-0.05, 0) is 102 Å². The van der Waals surface area contributed by atoms with E-state index in [1.807, 2.05) is 33.3 Å². The van der Waals surface area contributed by atoms with Gasteiger partial charge in [0, 0.05) is 12.8 Å². The summed E-state index contributed by atoms with van der Waals surface area (Å²) < 4.78 is 30.7. The third-order valence-electron chi connectivity index (χ3n) is 13.9. The lowest BCUT2D eigenvalue weighted by atomic mass is 10.0. The molecule has 0 spiro atoms. The van der Waals surface area contributed by atoms with Gasteiger partial charge in [-0.1, -0.05) is 242 Å². The minimum atomic E-state index is -4.46. The zero-order chi connectivity index (χ0) is 55.7. The second kappa shape index (κ2) is 55.8. The van der Waals surface area contributed by atoms with Gasteiger partial charge in [-0.15, -0.1) is 0 Å². The Morgan fingerprint density at radius 2 is 0.803 bits per heavy atom. The zero-order valence-corrected chi connectivity index (χ0v) is 51.4. The van der Waals surface area contributed by atoms with Gasteiger partial charge < -0.3 is 19.4 Å². The number of ether oxygens (including phenoxy) is 1. The van der Waals surface area contributed by atoms with Crippen molar-refractivity contribution in [1.82, 2.24) is 5.32 Å². The van der Waals surface area contributed by atoms with Crippen LogP contribution in [0.5, 0.6) is 0 Å². The number of quaternary nitrogens is 1. The van der Waals surface area contributed by atoms with Crippen LogP contribution in [0.3, 0.4) is 0 Å². The molecule has 0 aromatic carbocycles. The molecular formula is C66H122N2O7P+. The Kier molecular flexibility index (Phi) is 53.9. The molecule has 0 saturated heterocycles. The molecule has 442 valence electrons. The van der Waals surface area contributed by atoms with Gasteiger partial charge in [0.15, 0.2) is 0 Å². The maximum Gasteiger partial charge on any atom is 0.472 e. The average molecular weight is 1090 g/mol. The predicted octanol–water partition coefficient (Wildman–Crippen LogP) is 19.6. The standard InChI is InChI=1S/C66H121N2O7P/c1-7-10-13-16-19-22-25-28-30-32-33-34-35-37-38-40-43-46-49-52-55-58-65(69)67-63(62-74-76(71,72)73-61-60-68(4,5)6)64(57-54-51-48-45-42-27-24-21-18-15-12-9-3)75-66(70)59-56-53-50-47-44-41-39-36-31-29-26-23-20-17-14-11-8-2/h19-20,22-23,28-31,39,41,54,57,63-64H,7-18,21,24-27,32-38,40,42-53,55-56,58-62H2,1-6H3,(H-,67,69,71,72)/p+1/b22-19-,23-20-,30-28-,31-29-,41-39-,57-54-. The maximum atomic E-state index is 13.6. The van der Waals surface area contributed by atoms with Crippen molar-refractivity contribution in [2.45, 2.75) is 296 Å². The number of allylic oxidation sites excluding steroid dienone is 11. The number of carbonyl (C=O) groups is 2. The fourth-order valence-electron chi connectivity index (χ4n) is 8.92. The normalized spacial score (nSPS) is 14.1. The van der Waals surface area contributed by atoms with Crippen molar-refractivity contribution in [2.24, 2.45) is 0 Å². The van der Waals surface area contributed by atoms with Gasteiger partial charge in [-0.3, -0.25) is 18.6 Å². The first-order valence-corrected chi connectivity index (χ1v) is 33.3. The van der Waals surface area contributed by atoms with Crippen LogP contribution in [0.2, 0.25) is 0 Å². The maximum absolute atomic E-state index is 13.6. The first kappa shape index (κ1) is 73.5. The molecule has 0 aliphatic carbocycles. The van der Waals surface area contributed by atoms with Crippen LogP contribution in [0.15, 0.2) is 72.9 Å². The monoisotopic (exact) mass is 1090 g/mol. The van der Waals surface area contributed by atoms with Gasteiger partial charge >= 0.3 is 13.8 Å². The summed E-state index contributed by atoms with van der Waals surface area (Å²) in [7, 11) is 1.48. The molecule has 0 bridgehead atoms. The molecule has 3 unspecified atom stereocenters. The van der Waals surface area contributed by atoms with Crippen molar-refractivity contribution in [3.63, 3.8) is 0 Å². The van der Waals surface area contributed by atoms with Gasteiger partial charge in [0.1, 0.15) is 19.3 Å². The number of phosphoric ester groups is 1. The van der Waals surface area contributed by atoms with Crippen LogP contribution >= 0.6 is 7.82 Å². The van der Waals surface area contributed by atoms with Gasteiger partial charge in [-0.2, -0.15) is 0 Å². The molecule has 9 nitrogen and oxygen atoms in total. The number of nitrogens with one attached hydrogen (secondary N) is 1. The summed E-state index contributed by atoms with van der Waals surface area (Å²) in [6, 6.07) is -0.861. The summed E-state index contributed by atoms with van der Waals surface area (Å²) >= 11 is 0. The molecule has 0 saturated carbocycles. The van der Waals surface area contributed by atoms with Crippen molar-refractivity contribution in [3.8, 4) is 0 Å². The summed E-state index contributed by atoms with van der Waals surface area (Å²) in [5, 5.41) is 3.05. The highest BCUT2D eigenvalue weighted by atomic mass is 31.2. The van der Waals surface area contributed by atoms with E-state index < -0.39 is 20.0 Å². The van der Waals surface area contributed by atoms with Gasteiger partial charge in [0.25, 0.3) is 0 Å². The predicted molar refractivity (Wildman–Crippen MR) is 328 cm³/mol. The van der Waals surface area contributed by atoms with Crippen molar-refractivity contribution >= 4 is 19.7 Å². The van der Waals surface area contributed by atoms with Crippen LogP contribution in [0, 0.1) is 0 Å². The molecule has 1 amide bonds. The Hall–Kier alpha value is -2.55. The van der Waals surface area contributed by atoms with E-state index in [0.717, 1.165) is 83.5 Å². The van der Waals surface area contributed by atoms with Crippen molar-refractivity contribution in [2.75, 3.05) is 40.9 Å². The number of unbranched alkanes of at least 4 members (excludes halogenated alkanes) is 31. The number of hydrogen-bond acceptors (Lipinski definition) is 6. The lowest BCUT2D eigenvalue weighted by Gasteiger charge is -2.27. The fraction of sp³-hybridized carbons (Fsp3) is 0.788. The topological polar surface area (TPSA) is 111 Å². The SMILES string of the molecule is CCCCC/C=C\C/C=C\C/C=C\CCCCCCC(=O)OC(/C=C\CCCCCCCCCCCC)C(COP(=O)(O)OCC[N+](C)(C)C)NC(=O)CCCCCCCCCCCCC/C=C\C/C=C\CCCCC. The Balaban J connectivity index is 5.25. The Labute approximate surface area is 470 Å². The number of carbonyl (C=O) groups excluding carboxylic acids is 2. The Morgan fingerprint density at radius 1 is 0.461 bits per heavy atom. The van der Waals surface area contributed by atoms with Crippen LogP contribution in [-0.4, -0.2) is 74.3 Å². The number of amides is 1. The fourth-order valence-corrected chi connectivity index (χ4v) is 9.65. The lowest BCUT2D eigenvalue weighted by Crippen LogP contribution is -2.47. The second-order valence-electron chi connectivity index (χ2n) is 22.6. The second-order valence-corrected chi connectivity index (χ2v) is 24.0. The van der Waals surface area contributed by atoms with Crippen LogP contribution in [0.1, 0.15) is 284 Å². The third kappa shape index (κ3) is 56.2. The molecule has 2 N–H and O–H groups in total. The van der Waals surface area contributed by atoms with Crippen molar-refractivity contribution < 1.29 is 37.3 Å². The molecule has 3 atom stereocenters. The molecule has 0 fully saturated rings. The molecule has 0 aromatic rings. The van der Waals surface area contributed by atoms with E-state index in [-0.39, 0.29) is 31.5 Å². The minimum Gasteiger partial charge on any atom is -0.456 e. The van der Waals surface area contributed by atoms with Crippen LogP contribution in [-0.2, 0) is 27.9 Å². The largest absolute Gasteiger partial charge is 0.472 e. The van der Waals surface area contributed by atoms with E-state index >= 15 is 0 Å². The molecule has 0 aromatic heterocycles. The smallest absolute Gasteiger partial charge is 0.456 e. The molecule has 0 radical (unpaired) electrons. The third-order valence-corrected chi connectivity index (χ3v) is 14.9. The van der Waals surface area contributed by atoms with Crippen LogP contribution < -0.4 is 5.32 Å². The van der Waals surface area contributed by atoms with E-state index in [4.69, 9.17) is 13.8 Å². The van der Waals surface area contributed by atoms with Crippen molar-refractivity contribution in [1.29, 1.82) is 0 Å². The van der Waals surface area contributed by atoms with Gasteiger partial charge in [-0.25, -0.2) is 4.57 Å². The number of likely N-dealkylation sites (N-methyl/N-ethyl adjacent to an activating group) is 1. The minimum absolute atomic E-state index is 0.0341. The van der Waals surface area contributed by atoms with E-state index in [1.165, 1.54) is 161 Å². The van der Waals surface area contributed by atoms with E-state index in [2.05, 4.69) is 86.8 Å². The molecule has 0 aliphatic heterocycles. The van der Waals surface area contributed by atoms with Gasteiger partial charge in [0.05, 0.1) is 33.8 Å². The molecule has 0 rings (SSSR count). The van der Waals surface area contributed by atoms with E-state index in [0.29, 0.717) is 23.9 Å². The first-order valence-electron chi connectivity index (χ1n) is 31.8. The Bertz CT molecular complexity index is 1530. The summed E-state index contributed by atoms with van der Waals surface area (Å²) in [5.74, 6) is -0.529. The molecule has 10 heteroatoms. The molecule has 0 heterocycles. The zero-order valence-electron chi connectivity index (χ0n) is 50.5. The van der Waals surface area contributed by atoms with Crippen LogP contribution in [0.4, 0.5) is 0 Å². The number of hydrogen-bond donors (Lipinski definition) is 2. The Morgan fingerprint density at radius 3 is 1.22 bits per heavy atom.